The minimum Gasteiger partial charge on any atom is -0.467 e. The van der Waals surface area contributed by atoms with Crippen LogP contribution in [0.3, 0.4) is 0 Å². The van der Waals surface area contributed by atoms with Gasteiger partial charge in [-0.2, -0.15) is 0 Å². The van der Waals surface area contributed by atoms with Crippen LogP contribution in [0.15, 0.2) is 58.2 Å². The molecule has 2 amide bonds. The Morgan fingerprint density at radius 1 is 1.06 bits per heavy atom. The predicted octanol–water partition coefficient (Wildman–Crippen LogP) is 3.23. The van der Waals surface area contributed by atoms with Gasteiger partial charge >= 0.3 is 0 Å². The summed E-state index contributed by atoms with van der Waals surface area (Å²) in [6, 6.07) is 6.29. The Kier molecular flexibility index (Phi) is 7.54. The van der Waals surface area contributed by atoms with Crippen molar-refractivity contribution in [2.45, 2.75) is 32.9 Å². The molecule has 0 bridgehead atoms. The highest BCUT2D eigenvalue weighted by Crippen LogP contribution is 2.10. The molecule has 0 radical (unpaired) electrons. The van der Waals surface area contributed by atoms with E-state index in [4.69, 9.17) is 4.42 Å². The number of unbranched alkanes of at least 4 members (excludes halogenated alkanes) is 1. The van der Waals surface area contributed by atoms with Crippen LogP contribution in [0.2, 0.25) is 0 Å². The zero-order chi connectivity index (χ0) is 23.1. The van der Waals surface area contributed by atoms with Crippen LogP contribution in [0.5, 0.6) is 0 Å². The highest BCUT2D eigenvalue weighted by atomic mass is 19.1. The van der Waals surface area contributed by atoms with Gasteiger partial charge in [0.05, 0.1) is 12.8 Å². The number of halogens is 2. The standard InChI is InChI=1S/C23H23F2N3O4/c1-2-3-8-26-22(30)18-13-28(12-17-5-4-9-32-17)14-19(21(18)29)23(31)27-11-15-10-16(24)6-7-20(15)25/h4-7,9-10,13-14H,2-3,8,11-12H2,1H3,(H,26,30)(H,27,31). The molecular formula is C23H23F2N3O4. The van der Waals surface area contributed by atoms with Crippen LogP contribution in [0.25, 0.3) is 0 Å². The first kappa shape index (κ1) is 22.9. The summed E-state index contributed by atoms with van der Waals surface area (Å²) in [5.41, 5.74) is -1.32. The molecule has 0 saturated heterocycles. The Bertz CT molecular complexity index is 1160. The first-order valence-corrected chi connectivity index (χ1v) is 10.2. The second-order valence-corrected chi connectivity index (χ2v) is 7.19. The van der Waals surface area contributed by atoms with E-state index < -0.39 is 28.9 Å². The van der Waals surface area contributed by atoms with Gasteiger partial charge in [0.1, 0.15) is 28.5 Å². The SMILES string of the molecule is CCCCNC(=O)c1cn(Cc2ccco2)cc(C(=O)NCc2cc(F)ccc2F)c1=O. The normalized spacial score (nSPS) is 10.7. The molecule has 2 aromatic heterocycles. The third-order valence-corrected chi connectivity index (χ3v) is 4.75. The van der Waals surface area contributed by atoms with Gasteiger partial charge in [0, 0.05) is 31.0 Å². The number of furan rings is 1. The van der Waals surface area contributed by atoms with Gasteiger partial charge in [-0.25, -0.2) is 8.78 Å². The molecule has 0 fully saturated rings. The number of carbonyl (C=O) groups excluding carboxylic acids is 2. The third-order valence-electron chi connectivity index (χ3n) is 4.75. The number of hydrogen-bond donors (Lipinski definition) is 2. The molecule has 0 aliphatic carbocycles. The van der Waals surface area contributed by atoms with Gasteiger partial charge in [-0.1, -0.05) is 13.3 Å². The zero-order valence-electron chi connectivity index (χ0n) is 17.5. The van der Waals surface area contributed by atoms with E-state index in [0.717, 1.165) is 31.0 Å². The number of carbonyl (C=O) groups is 2. The summed E-state index contributed by atoms with van der Waals surface area (Å²) in [6.45, 7) is 2.21. The van der Waals surface area contributed by atoms with E-state index in [0.29, 0.717) is 12.3 Å². The maximum atomic E-state index is 13.8. The second-order valence-electron chi connectivity index (χ2n) is 7.19. The van der Waals surface area contributed by atoms with Crippen molar-refractivity contribution >= 4 is 11.8 Å². The van der Waals surface area contributed by atoms with Crippen LogP contribution in [0, 0.1) is 11.6 Å². The zero-order valence-corrected chi connectivity index (χ0v) is 17.5. The van der Waals surface area contributed by atoms with Crippen LogP contribution < -0.4 is 16.1 Å². The Morgan fingerprint density at radius 2 is 1.78 bits per heavy atom. The Labute approximate surface area is 183 Å². The Morgan fingerprint density at radius 3 is 2.44 bits per heavy atom. The Balaban J connectivity index is 1.89. The molecule has 3 aromatic rings. The van der Waals surface area contributed by atoms with E-state index >= 15 is 0 Å². The molecule has 0 atom stereocenters. The molecule has 1 aromatic carbocycles. The number of rotatable bonds is 9. The summed E-state index contributed by atoms with van der Waals surface area (Å²) in [6.07, 6.45) is 5.74. The monoisotopic (exact) mass is 443 g/mol. The molecule has 2 heterocycles. The lowest BCUT2D eigenvalue weighted by Crippen LogP contribution is -2.35. The van der Waals surface area contributed by atoms with Gasteiger partial charge < -0.3 is 19.6 Å². The molecule has 0 aliphatic rings. The number of pyridine rings is 1. The molecule has 7 nitrogen and oxygen atoms in total. The molecule has 0 saturated carbocycles. The van der Waals surface area contributed by atoms with Crippen molar-refractivity contribution in [3.63, 3.8) is 0 Å². The van der Waals surface area contributed by atoms with Gasteiger partial charge in [0.2, 0.25) is 5.43 Å². The van der Waals surface area contributed by atoms with E-state index in [1.54, 1.807) is 12.1 Å². The number of benzene rings is 1. The smallest absolute Gasteiger partial charge is 0.257 e. The van der Waals surface area contributed by atoms with Gasteiger partial charge in [-0.3, -0.25) is 14.4 Å². The fraction of sp³-hybridized carbons (Fsp3) is 0.261. The number of nitrogens with zero attached hydrogens (tertiary/aromatic N) is 1. The lowest BCUT2D eigenvalue weighted by molar-refractivity contribution is 0.0948. The van der Waals surface area contributed by atoms with Crippen LogP contribution in [0.4, 0.5) is 8.78 Å². The fourth-order valence-electron chi connectivity index (χ4n) is 3.05. The number of nitrogens with one attached hydrogen (secondary N) is 2. The van der Waals surface area contributed by atoms with Crippen LogP contribution >= 0.6 is 0 Å². The van der Waals surface area contributed by atoms with Crippen molar-refractivity contribution in [1.29, 1.82) is 0 Å². The molecule has 9 heteroatoms. The molecule has 168 valence electrons. The van der Waals surface area contributed by atoms with Gasteiger partial charge in [-0.15, -0.1) is 0 Å². The van der Waals surface area contributed by atoms with E-state index in [-0.39, 0.29) is 29.8 Å². The molecule has 0 unspecified atom stereocenters. The third kappa shape index (κ3) is 5.69. The average Bonchev–Trinajstić information content (AvgIpc) is 3.28. The molecule has 3 rings (SSSR count). The number of aromatic nitrogens is 1. The van der Waals surface area contributed by atoms with Gasteiger partial charge in [0.15, 0.2) is 0 Å². The van der Waals surface area contributed by atoms with E-state index in [9.17, 15) is 23.2 Å². The summed E-state index contributed by atoms with van der Waals surface area (Å²) in [5, 5.41) is 5.08. The number of amides is 2. The van der Waals surface area contributed by atoms with Gasteiger partial charge in [-0.05, 0) is 36.8 Å². The van der Waals surface area contributed by atoms with E-state index in [2.05, 4.69) is 10.6 Å². The highest BCUT2D eigenvalue weighted by molar-refractivity contribution is 5.99. The number of hydrogen-bond acceptors (Lipinski definition) is 4. The molecule has 32 heavy (non-hydrogen) atoms. The fourth-order valence-corrected chi connectivity index (χ4v) is 3.05. The van der Waals surface area contributed by atoms with Crippen molar-refractivity contribution in [2.24, 2.45) is 0 Å². The topological polar surface area (TPSA) is 93.3 Å². The van der Waals surface area contributed by atoms with Gasteiger partial charge in [0.25, 0.3) is 11.8 Å². The lowest BCUT2D eigenvalue weighted by atomic mass is 10.1. The van der Waals surface area contributed by atoms with Crippen LogP contribution in [0.1, 0.15) is 51.8 Å². The summed E-state index contributed by atoms with van der Waals surface area (Å²) < 4.78 is 34.0. The average molecular weight is 443 g/mol. The van der Waals surface area contributed by atoms with E-state index in [1.807, 2.05) is 6.92 Å². The summed E-state index contributed by atoms with van der Waals surface area (Å²) in [7, 11) is 0. The van der Waals surface area contributed by atoms with Crippen LogP contribution in [-0.2, 0) is 13.1 Å². The predicted molar refractivity (Wildman–Crippen MR) is 113 cm³/mol. The summed E-state index contributed by atoms with van der Waals surface area (Å²) >= 11 is 0. The summed E-state index contributed by atoms with van der Waals surface area (Å²) in [4.78, 5) is 38.2. The van der Waals surface area contributed by atoms with Crippen molar-refractivity contribution in [3.05, 3.63) is 93.3 Å². The van der Waals surface area contributed by atoms with Crippen molar-refractivity contribution in [3.8, 4) is 0 Å². The van der Waals surface area contributed by atoms with Crippen molar-refractivity contribution in [1.82, 2.24) is 15.2 Å². The molecule has 0 spiro atoms. The van der Waals surface area contributed by atoms with Crippen molar-refractivity contribution < 1.29 is 22.8 Å². The van der Waals surface area contributed by atoms with Crippen LogP contribution in [-0.4, -0.2) is 22.9 Å². The minimum atomic E-state index is -0.810. The summed E-state index contributed by atoms with van der Waals surface area (Å²) in [5.74, 6) is -2.19. The maximum absolute atomic E-state index is 13.8. The minimum absolute atomic E-state index is 0.0669. The maximum Gasteiger partial charge on any atom is 0.257 e. The van der Waals surface area contributed by atoms with Crippen molar-refractivity contribution in [2.75, 3.05) is 6.54 Å². The molecular weight excluding hydrogens is 420 g/mol. The lowest BCUT2D eigenvalue weighted by Gasteiger charge is -2.12. The first-order chi connectivity index (χ1) is 15.4. The second kappa shape index (κ2) is 10.5. The first-order valence-electron chi connectivity index (χ1n) is 10.2. The molecule has 0 aliphatic heterocycles. The quantitative estimate of drug-likeness (QED) is 0.497. The van der Waals surface area contributed by atoms with E-state index in [1.165, 1.54) is 23.2 Å². The molecule has 2 N–H and O–H groups in total. The highest BCUT2D eigenvalue weighted by Gasteiger charge is 2.20. The largest absolute Gasteiger partial charge is 0.467 e. The Hall–Kier alpha value is -3.75.